The van der Waals surface area contributed by atoms with Gasteiger partial charge in [0, 0.05) is 16.1 Å². The maximum absolute atomic E-state index is 12.7. The number of ether oxygens (including phenoxy) is 1. The monoisotopic (exact) mass is 432 g/mol. The minimum absolute atomic E-state index is 0.0738. The maximum Gasteiger partial charge on any atom is 0.315 e. The Morgan fingerprint density at radius 1 is 1.37 bits per heavy atom. The summed E-state index contributed by atoms with van der Waals surface area (Å²) in [6.45, 7) is 1.63. The fourth-order valence-corrected chi connectivity index (χ4v) is 2.86. The van der Waals surface area contributed by atoms with Crippen molar-refractivity contribution in [2.45, 2.75) is 6.92 Å². The van der Waals surface area contributed by atoms with E-state index in [9.17, 15) is 20.0 Å². The summed E-state index contributed by atoms with van der Waals surface area (Å²) in [5.41, 5.74) is -0.0955. The van der Waals surface area contributed by atoms with Gasteiger partial charge in [0.05, 0.1) is 29.2 Å². The van der Waals surface area contributed by atoms with E-state index in [0.717, 1.165) is 15.2 Å². The van der Waals surface area contributed by atoms with Crippen molar-refractivity contribution < 1.29 is 14.8 Å². The summed E-state index contributed by atoms with van der Waals surface area (Å²) in [5, 5.41) is 25.4. The zero-order valence-corrected chi connectivity index (χ0v) is 15.8. The van der Waals surface area contributed by atoms with Crippen LogP contribution in [-0.2, 0) is 0 Å². The molecule has 2 aromatic carbocycles. The average Bonchev–Trinajstić information content (AvgIpc) is 2.63. The second kappa shape index (κ2) is 7.16. The second-order valence-electron chi connectivity index (χ2n) is 5.53. The molecule has 0 fully saturated rings. The van der Waals surface area contributed by atoms with E-state index in [2.05, 4.69) is 26.0 Å². The number of aromatic hydroxyl groups is 1. The Balaban J connectivity index is 2.13. The Kier molecular flexibility index (Phi) is 4.91. The largest absolute Gasteiger partial charge is 0.500 e. The molecule has 0 bridgehead atoms. The van der Waals surface area contributed by atoms with Gasteiger partial charge in [-0.2, -0.15) is 9.78 Å². The van der Waals surface area contributed by atoms with E-state index in [0.29, 0.717) is 16.7 Å². The van der Waals surface area contributed by atoms with Crippen LogP contribution in [0.5, 0.6) is 11.5 Å². The highest BCUT2D eigenvalue weighted by Crippen LogP contribution is 2.36. The number of nitro benzene ring substituents is 1. The first-order chi connectivity index (χ1) is 12.8. The Morgan fingerprint density at radius 3 is 2.78 bits per heavy atom. The molecule has 0 unspecified atom stereocenters. The first-order valence-corrected chi connectivity index (χ1v) is 8.39. The number of fused-ring (bicyclic) bond motifs is 1. The smallest absolute Gasteiger partial charge is 0.315 e. The highest BCUT2D eigenvalue weighted by atomic mass is 79.9. The van der Waals surface area contributed by atoms with Crippen molar-refractivity contribution in [2.75, 3.05) is 7.11 Å². The molecule has 0 saturated heterocycles. The van der Waals surface area contributed by atoms with Gasteiger partial charge in [0.25, 0.3) is 5.56 Å². The standard InChI is InChI=1S/C17H13BrN4O5/c1-9-20-13-4-3-11(18)7-12(13)17(24)21(9)19-8-10-5-14(22(25)26)16(23)15(6-10)27-2/h3-8,23H,1-2H3. The van der Waals surface area contributed by atoms with Crippen LogP contribution in [0.15, 0.2) is 44.7 Å². The van der Waals surface area contributed by atoms with E-state index in [1.807, 2.05) is 0 Å². The molecule has 0 radical (unpaired) electrons. The van der Waals surface area contributed by atoms with Crippen LogP contribution in [0.1, 0.15) is 11.4 Å². The minimum atomic E-state index is -0.734. The van der Waals surface area contributed by atoms with Crippen molar-refractivity contribution in [3.63, 3.8) is 0 Å². The molecule has 9 nitrogen and oxygen atoms in total. The molecule has 0 aliphatic carbocycles. The van der Waals surface area contributed by atoms with Gasteiger partial charge in [-0.15, -0.1) is 0 Å². The third-order valence-electron chi connectivity index (χ3n) is 3.79. The van der Waals surface area contributed by atoms with Crippen LogP contribution < -0.4 is 10.3 Å². The van der Waals surface area contributed by atoms with Crippen molar-refractivity contribution in [3.05, 3.63) is 66.7 Å². The van der Waals surface area contributed by atoms with Gasteiger partial charge in [-0.05, 0) is 31.2 Å². The lowest BCUT2D eigenvalue weighted by atomic mass is 10.2. The van der Waals surface area contributed by atoms with Gasteiger partial charge in [0.1, 0.15) is 5.82 Å². The van der Waals surface area contributed by atoms with Crippen LogP contribution in [0.3, 0.4) is 0 Å². The summed E-state index contributed by atoms with van der Waals surface area (Å²) in [7, 11) is 1.28. The van der Waals surface area contributed by atoms with Gasteiger partial charge in [0.15, 0.2) is 5.75 Å². The predicted molar refractivity (Wildman–Crippen MR) is 103 cm³/mol. The lowest BCUT2D eigenvalue weighted by molar-refractivity contribution is -0.386. The molecule has 10 heteroatoms. The third-order valence-corrected chi connectivity index (χ3v) is 4.28. The van der Waals surface area contributed by atoms with Crippen LogP contribution >= 0.6 is 15.9 Å². The van der Waals surface area contributed by atoms with Crippen LogP contribution in [-0.4, -0.2) is 33.0 Å². The summed E-state index contributed by atoms with van der Waals surface area (Å²) < 4.78 is 6.77. The van der Waals surface area contributed by atoms with Gasteiger partial charge in [0.2, 0.25) is 5.75 Å². The van der Waals surface area contributed by atoms with Crippen LogP contribution in [0, 0.1) is 17.0 Å². The molecule has 0 saturated carbocycles. The number of nitro groups is 1. The number of hydrogen-bond acceptors (Lipinski definition) is 7. The average molecular weight is 433 g/mol. The maximum atomic E-state index is 12.7. The summed E-state index contributed by atoms with van der Waals surface area (Å²) in [6.07, 6.45) is 1.26. The number of halogens is 1. The molecule has 3 rings (SSSR count). The van der Waals surface area contributed by atoms with E-state index in [1.54, 1.807) is 25.1 Å². The summed E-state index contributed by atoms with van der Waals surface area (Å²) in [4.78, 5) is 27.4. The van der Waals surface area contributed by atoms with Crippen LogP contribution in [0.2, 0.25) is 0 Å². The molecule has 0 aliphatic heterocycles. The lowest BCUT2D eigenvalue weighted by Gasteiger charge is -2.07. The van der Waals surface area contributed by atoms with Gasteiger partial charge >= 0.3 is 5.69 Å². The van der Waals surface area contributed by atoms with E-state index >= 15 is 0 Å². The molecule has 0 spiro atoms. The van der Waals surface area contributed by atoms with E-state index < -0.39 is 16.4 Å². The molecule has 27 heavy (non-hydrogen) atoms. The summed E-state index contributed by atoms with van der Waals surface area (Å²) in [5.74, 6) is -0.299. The number of rotatable bonds is 4. The fourth-order valence-electron chi connectivity index (χ4n) is 2.50. The minimum Gasteiger partial charge on any atom is -0.500 e. The second-order valence-corrected chi connectivity index (χ2v) is 6.45. The molecule has 1 N–H and O–H groups in total. The van der Waals surface area contributed by atoms with Crippen molar-refractivity contribution >= 4 is 38.7 Å². The normalized spacial score (nSPS) is 11.2. The number of hydrogen-bond donors (Lipinski definition) is 1. The number of aromatic nitrogens is 2. The van der Waals surface area contributed by atoms with Gasteiger partial charge < -0.3 is 9.84 Å². The Bertz CT molecular complexity index is 1160. The van der Waals surface area contributed by atoms with E-state index in [-0.39, 0.29) is 16.9 Å². The number of benzene rings is 2. The molecule has 138 valence electrons. The molecule has 0 aliphatic rings. The van der Waals surface area contributed by atoms with E-state index in [1.165, 1.54) is 19.4 Å². The highest BCUT2D eigenvalue weighted by molar-refractivity contribution is 9.10. The molecule has 0 atom stereocenters. The number of nitrogens with zero attached hydrogens (tertiary/aromatic N) is 4. The van der Waals surface area contributed by atoms with Crippen LogP contribution in [0.4, 0.5) is 5.69 Å². The molecule has 0 amide bonds. The van der Waals surface area contributed by atoms with Crippen molar-refractivity contribution in [1.82, 2.24) is 9.66 Å². The highest BCUT2D eigenvalue weighted by Gasteiger charge is 2.19. The third kappa shape index (κ3) is 3.51. The van der Waals surface area contributed by atoms with Gasteiger partial charge in [-0.3, -0.25) is 14.9 Å². The van der Waals surface area contributed by atoms with Crippen LogP contribution in [0.25, 0.3) is 10.9 Å². The Labute approximate surface area is 160 Å². The quantitative estimate of drug-likeness (QED) is 0.384. The van der Waals surface area contributed by atoms with Gasteiger partial charge in [-0.25, -0.2) is 4.98 Å². The molecular weight excluding hydrogens is 420 g/mol. The zero-order valence-electron chi connectivity index (χ0n) is 14.2. The zero-order chi connectivity index (χ0) is 19.7. The topological polar surface area (TPSA) is 120 Å². The molecular formula is C17H13BrN4O5. The SMILES string of the molecule is COc1cc(C=Nn2c(C)nc3ccc(Br)cc3c2=O)cc([N+](=O)[O-])c1O. The number of aryl methyl sites for hydroxylation is 1. The lowest BCUT2D eigenvalue weighted by Crippen LogP contribution is -2.20. The number of phenolic OH excluding ortho intramolecular Hbond substituents is 1. The molecule has 1 aromatic heterocycles. The predicted octanol–water partition coefficient (Wildman–Crippen LogP) is 2.97. The Hall–Kier alpha value is -3.27. The summed E-state index contributed by atoms with van der Waals surface area (Å²) in [6, 6.07) is 7.65. The van der Waals surface area contributed by atoms with Crippen molar-refractivity contribution in [3.8, 4) is 11.5 Å². The Morgan fingerprint density at radius 2 is 2.11 bits per heavy atom. The number of phenols is 1. The molecule has 1 heterocycles. The summed E-state index contributed by atoms with van der Waals surface area (Å²) >= 11 is 3.31. The molecule has 3 aromatic rings. The van der Waals surface area contributed by atoms with Crippen molar-refractivity contribution in [2.24, 2.45) is 5.10 Å². The first kappa shape index (κ1) is 18.5. The first-order valence-electron chi connectivity index (χ1n) is 7.60. The van der Waals surface area contributed by atoms with E-state index in [4.69, 9.17) is 4.74 Å². The number of methoxy groups -OCH3 is 1. The fraction of sp³-hybridized carbons (Fsp3) is 0.118. The van der Waals surface area contributed by atoms with Crippen molar-refractivity contribution in [1.29, 1.82) is 0 Å². The van der Waals surface area contributed by atoms with Gasteiger partial charge in [-0.1, -0.05) is 15.9 Å².